The van der Waals surface area contributed by atoms with Gasteiger partial charge in [0.05, 0.1) is 11.9 Å². The van der Waals surface area contributed by atoms with Crippen molar-refractivity contribution in [2.24, 2.45) is 17.6 Å². The SMILES string of the molecule is C=C(N)NCCC[C@H](CC(=O)[C@@H]1CCCN1C(=O)[C@@H](CC(=O)c1ccc(Br)cc1)Cc1cccnc1)C(=O)CF. The van der Waals surface area contributed by atoms with Gasteiger partial charge < -0.3 is 16.0 Å². The van der Waals surface area contributed by atoms with Crippen LogP contribution in [0, 0.1) is 11.8 Å². The molecule has 0 saturated carbocycles. The number of aromatic nitrogens is 1. The largest absolute Gasteiger partial charge is 0.386 e. The van der Waals surface area contributed by atoms with Gasteiger partial charge in [-0.15, -0.1) is 0 Å². The van der Waals surface area contributed by atoms with Crippen molar-refractivity contribution in [1.29, 1.82) is 0 Å². The Bertz CT molecular complexity index is 1190. The molecule has 2 aromatic rings. The van der Waals surface area contributed by atoms with Crippen LogP contribution >= 0.6 is 15.9 Å². The number of ketones is 3. The zero-order valence-electron chi connectivity index (χ0n) is 22.5. The smallest absolute Gasteiger partial charge is 0.227 e. The van der Waals surface area contributed by atoms with Crippen LogP contribution in [-0.4, -0.2) is 58.9 Å². The summed E-state index contributed by atoms with van der Waals surface area (Å²) in [5.41, 5.74) is 6.81. The molecular weight excluding hydrogens is 579 g/mol. The molecule has 214 valence electrons. The van der Waals surface area contributed by atoms with Crippen molar-refractivity contribution in [2.45, 2.75) is 51.0 Å². The van der Waals surface area contributed by atoms with Gasteiger partial charge in [0, 0.05) is 60.2 Å². The standard InChI is InChI=1S/C30H36BrFN4O4/c1-20(33)35-13-3-6-23(29(39)18-32)16-28(38)26-7-4-14-36(26)30(40)24(15-21-5-2-12-34-19-21)17-27(37)22-8-10-25(31)11-9-22/h2,5,8-12,19,23-24,26,35H,1,3-4,6-7,13-18,33H2/t23-,24-,26+/m1/s1. The van der Waals surface area contributed by atoms with E-state index in [0.717, 1.165) is 10.0 Å². The summed E-state index contributed by atoms with van der Waals surface area (Å²) < 4.78 is 14.1. The first-order valence-corrected chi connectivity index (χ1v) is 14.3. The summed E-state index contributed by atoms with van der Waals surface area (Å²) in [5, 5.41) is 2.86. The number of likely N-dealkylation sites (tertiary alicyclic amines) is 1. The third-order valence-electron chi connectivity index (χ3n) is 7.18. The van der Waals surface area contributed by atoms with Crippen molar-refractivity contribution in [3.05, 3.63) is 76.8 Å². The Morgan fingerprint density at radius 3 is 2.55 bits per heavy atom. The van der Waals surface area contributed by atoms with Crippen LogP contribution in [0.5, 0.6) is 0 Å². The molecule has 8 nitrogen and oxygen atoms in total. The van der Waals surface area contributed by atoms with E-state index >= 15 is 0 Å². The van der Waals surface area contributed by atoms with E-state index in [0.29, 0.717) is 56.6 Å². The number of halogens is 2. The zero-order chi connectivity index (χ0) is 29.1. The summed E-state index contributed by atoms with van der Waals surface area (Å²) in [6.45, 7) is 3.24. The maximum atomic E-state index is 13.9. The lowest BCUT2D eigenvalue weighted by molar-refractivity contribution is -0.141. The average molecular weight is 616 g/mol. The summed E-state index contributed by atoms with van der Waals surface area (Å²) in [6.07, 6.45) is 5.39. The molecule has 0 spiro atoms. The highest BCUT2D eigenvalue weighted by Crippen LogP contribution is 2.27. The number of amides is 1. The topological polar surface area (TPSA) is 122 Å². The van der Waals surface area contributed by atoms with Crippen LogP contribution in [-0.2, 0) is 20.8 Å². The number of carbonyl (C=O) groups is 4. The highest BCUT2D eigenvalue weighted by atomic mass is 79.9. The van der Waals surface area contributed by atoms with Gasteiger partial charge in [0.1, 0.15) is 6.67 Å². The normalized spacial score (nSPS) is 16.2. The van der Waals surface area contributed by atoms with E-state index in [9.17, 15) is 23.6 Å². The van der Waals surface area contributed by atoms with E-state index in [-0.39, 0.29) is 30.3 Å². The van der Waals surface area contributed by atoms with Crippen LogP contribution in [0.25, 0.3) is 0 Å². The summed E-state index contributed by atoms with van der Waals surface area (Å²) >= 11 is 3.37. The third kappa shape index (κ3) is 9.08. The highest BCUT2D eigenvalue weighted by molar-refractivity contribution is 9.10. The van der Waals surface area contributed by atoms with Crippen molar-refractivity contribution in [2.75, 3.05) is 19.8 Å². The molecule has 1 saturated heterocycles. The minimum Gasteiger partial charge on any atom is -0.386 e. The molecule has 10 heteroatoms. The fourth-order valence-electron chi connectivity index (χ4n) is 5.09. The van der Waals surface area contributed by atoms with E-state index in [1.165, 1.54) is 0 Å². The monoisotopic (exact) mass is 614 g/mol. The number of carbonyl (C=O) groups excluding carboxylic acids is 4. The van der Waals surface area contributed by atoms with Crippen molar-refractivity contribution in [1.82, 2.24) is 15.2 Å². The fourth-order valence-corrected chi connectivity index (χ4v) is 5.35. The molecule has 1 amide bonds. The van der Waals surface area contributed by atoms with Gasteiger partial charge in [-0.05, 0) is 55.9 Å². The molecular formula is C30H36BrFN4O4. The van der Waals surface area contributed by atoms with E-state index in [2.05, 4.69) is 32.8 Å². The molecule has 0 aliphatic carbocycles. The van der Waals surface area contributed by atoms with Gasteiger partial charge in [0.25, 0.3) is 0 Å². The fraction of sp³-hybridized carbons (Fsp3) is 0.433. The second kappa shape index (κ2) is 15.4. The lowest BCUT2D eigenvalue weighted by Gasteiger charge is -2.29. The summed E-state index contributed by atoms with van der Waals surface area (Å²) in [6, 6.07) is 9.89. The molecule has 0 radical (unpaired) electrons. The Morgan fingerprint density at radius 2 is 1.90 bits per heavy atom. The Labute approximate surface area is 242 Å². The first-order valence-electron chi connectivity index (χ1n) is 13.5. The molecule has 3 N–H and O–H groups in total. The number of Topliss-reactive ketones (excluding diaryl/α,β-unsaturated/α-hetero) is 3. The molecule has 1 aromatic carbocycles. The molecule has 3 rings (SSSR count). The first-order chi connectivity index (χ1) is 19.2. The van der Waals surface area contributed by atoms with Gasteiger partial charge in [0.15, 0.2) is 17.3 Å². The van der Waals surface area contributed by atoms with Crippen molar-refractivity contribution in [3.8, 4) is 0 Å². The average Bonchev–Trinajstić information content (AvgIpc) is 3.44. The van der Waals surface area contributed by atoms with Gasteiger partial charge in [-0.25, -0.2) is 4.39 Å². The number of pyridine rings is 1. The van der Waals surface area contributed by atoms with Gasteiger partial charge in [-0.1, -0.05) is 40.7 Å². The van der Waals surface area contributed by atoms with E-state index in [4.69, 9.17) is 5.73 Å². The summed E-state index contributed by atoms with van der Waals surface area (Å²) in [5.74, 6) is -2.48. The van der Waals surface area contributed by atoms with Crippen LogP contribution < -0.4 is 11.1 Å². The number of nitrogens with zero attached hydrogens (tertiary/aromatic N) is 2. The Hall–Kier alpha value is -3.40. The quantitative estimate of drug-likeness (QED) is 0.215. The minimum absolute atomic E-state index is 0.0187. The van der Waals surface area contributed by atoms with Crippen LogP contribution in [0.15, 0.2) is 65.7 Å². The van der Waals surface area contributed by atoms with E-state index < -0.39 is 30.3 Å². The lowest BCUT2D eigenvalue weighted by atomic mass is 9.89. The summed E-state index contributed by atoms with van der Waals surface area (Å²) in [4.78, 5) is 58.4. The molecule has 1 aliphatic rings. The molecule has 0 bridgehead atoms. The number of benzene rings is 1. The Morgan fingerprint density at radius 1 is 1.15 bits per heavy atom. The van der Waals surface area contributed by atoms with Crippen molar-refractivity contribution < 1.29 is 23.6 Å². The van der Waals surface area contributed by atoms with Gasteiger partial charge in [-0.3, -0.25) is 24.2 Å². The lowest BCUT2D eigenvalue weighted by Crippen LogP contribution is -2.45. The molecule has 3 atom stereocenters. The maximum Gasteiger partial charge on any atom is 0.227 e. The van der Waals surface area contributed by atoms with Crippen LogP contribution in [0.4, 0.5) is 4.39 Å². The van der Waals surface area contributed by atoms with Crippen LogP contribution in [0.2, 0.25) is 0 Å². The molecule has 40 heavy (non-hydrogen) atoms. The number of hydrogen-bond donors (Lipinski definition) is 2. The van der Waals surface area contributed by atoms with Gasteiger partial charge in [-0.2, -0.15) is 0 Å². The zero-order valence-corrected chi connectivity index (χ0v) is 24.1. The second-order valence-corrected chi connectivity index (χ2v) is 11.1. The Balaban J connectivity index is 1.74. The highest BCUT2D eigenvalue weighted by Gasteiger charge is 2.38. The van der Waals surface area contributed by atoms with E-state index in [1.807, 2.05) is 6.07 Å². The second-order valence-electron chi connectivity index (χ2n) is 10.1. The number of alkyl halides is 1. The molecule has 0 unspecified atom stereocenters. The molecule has 1 aliphatic heterocycles. The Kier molecular flexibility index (Phi) is 12.0. The minimum atomic E-state index is -1.15. The molecule has 1 aromatic heterocycles. The predicted octanol–water partition coefficient (Wildman–Crippen LogP) is 4.18. The van der Waals surface area contributed by atoms with Crippen molar-refractivity contribution >= 4 is 39.2 Å². The summed E-state index contributed by atoms with van der Waals surface area (Å²) in [7, 11) is 0. The third-order valence-corrected chi connectivity index (χ3v) is 7.70. The number of nitrogens with two attached hydrogens (primary N) is 1. The van der Waals surface area contributed by atoms with Gasteiger partial charge >= 0.3 is 0 Å². The molecule has 2 heterocycles. The molecule has 1 fully saturated rings. The number of hydrogen-bond acceptors (Lipinski definition) is 7. The van der Waals surface area contributed by atoms with Crippen molar-refractivity contribution in [3.63, 3.8) is 0 Å². The van der Waals surface area contributed by atoms with Crippen LogP contribution in [0.1, 0.15) is 54.4 Å². The van der Waals surface area contributed by atoms with E-state index in [1.54, 1.807) is 47.6 Å². The van der Waals surface area contributed by atoms with Gasteiger partial charge in [0.2, 0.25) is 5.91 Å². The number of rotatable bonds is 16. The van der Waals surface area contributed by atoms with Crippen LogP contribution in [0.3, 0.4) is 0 Å². The number of nitrogens with one attached hydrogen (secondary N) is 1. The first kappa shape index (κ1) is 31.1. The maximum absolute atomic E-state index is 13.9. The predicted molar refractivity (Wildman–Crippen MR) is 154 cm³/mol.